The van der Waals surface area contributed by atoms with Gasteiger partial charge in [0.15, 0.2) is 0 Å². The highest BCUT2D eigenvalue weighted by Gasteiger charge is 2.27. The quantitative estimate of drug-likeness (QED) is 0.0161. The number of carbonyl (C=O) groups excluding carboxylic acids is 2. The lowest BCUT2D eigenvalue weighted by Crippen LogP contribution is -2.47. The lowest BCUT2D eigenvalue weighted by atomic mass is 10.0. The van der Waals surface area contributed by atoms with Crippen LogP contribution in [0, 0.1) is 0 Å². The molecule has 0 aliphatic heterocycles. The van der Waals surface area contributed by atoms with Gasteiger partial charge in [-0.3, -0.25) is 14.2 Å². The number of rotatable bonds is 54. The second-order valence-corrected chi connectivity index (χ2v) is 22.9. The number of nitrogens with zero attached hydrogens (tertiary/aromatic N) is 1. The Balaban J connectivity index is 5.36. The molecule has 73 heavy (non-hydrogen) atoms. The maximum atomic E-state index is 13.5. The minimum atomic E-state index is -4.71. The van der Waals surface area contributed by atoms with Crippen LogP contribution in [-0.4, -0.2) is 69.4 Å². The van der Waals surface area contributed by atoms with Crippen molar-refractivity contribution in [1.82, 2.24) is 5.32 Å². The fraction of sp³-hybridized carbons (Fsp3) is 0.778. The molecule has 0 aromatic carbocycles. The fourth-order valence-electron chi connectivity index (χ4n) is 8.40. The Hall–Kier alpha value is -2.55. The number of carbonyl (C=O) groups is 2. The van der Waals surface area contributed by atoms with Crippen molar-refractivity contribution in [2.45, 2.75) is 277 Å². The number of quaternary nitrogens is 1. The lowest BCUT2D eigenvalue weighted by Gasteiger charge is -2.30. The second kappa shape index (κ2) is 52.9. The molecule has 0 aromatic heterocycles. The van der Waals surface area contributed by atoms with Crippen LogP contribution in [-0.2, 0) is 27.9 Å². The molecule has 0 aliphatic rings. The molecule has 424 valence electrons. The topological polar surface area (TPSA) is 114 Å². The van der Waals surface area contributed by atoms with Gasteiger partial charge in [0.2, 0.25) is 5.91 Å². The van der Waals surface area contributed by atoms with Crippen molar-refractivity contribution in [2.75, 3.05) is 40.9 Å². The van der Waals surface area contributed by atoms with Crippen LogP contribution in [0.4, 0.5) is 0 Å². The van der Waals surface area contributed by atoms with Gasteiger partial charge in [-0.25, -0.2) is 0 Å². The number of ether oxygens (including phenoxy) is 1. The van der Waals surface area contributed by atoms with Crippen LogP contribution in [0.15, 0.2) is 72.9 Å². The molecule has 0 aliphatic carbocycles. The number of hydrogen-bond donors (Lipinski definition) is 1. The van der Waals surface area contributed by atoms with Crippen LogP contribution < -0.4 is 10.2 Å². The highest BCUT2D eigenvalue weighted by atomic mass is 31.2. The summed E-state index contributed by atoms with van der Waals surface area (Å²) in [5.41, 5.74) is 0. The summed E-state index contributed by atoms with van der Waals surface area (Å²) in [5.74, 6) is -0.568. The predicted octanol–water partition coefficient (Wildman–Crippen LogP) is 17.8. The normalized spacial score (nSPS) is 14.2. The summed E-state index contributed by atoms with van der Waals surface area (Å²) >= 11 is 0. The van der Waals surface area contributed by atoms with Gasteiger partial charge in [0, 0.05) is 12.8 Å². The van der Waals surface area contributed by atoms with E-state index in [4.69, 9.17) is 13.8 Å². The van der Waals surface area contributed by atoms with Crippen molar-refractivity contribution in [2.24, 2.45) is 0 Å². The van der Waals surface area contributed by atoms with Gasteiger partial charge in [-0.05, 0) is 96.0 Å². The van der Waals surface area contributed by atoms with E-state index in [9.17, 15) is 19.0 Å². The summed E-state index contributed by atoms with van der Waals surface area (Å²) in [4.78, 5) is 39.9. The van der Waals surface area contributed by atoms with Gasteiger partial charge in [-0.15, -0.1) is 0 Å². The maximum absolute atomic E-state index is 13.5. The Kier molecular flexibility index (Phi) is 51.0. The van der Waals surface area contributed by atoms with Gasteiger partial charge in [0.1, 0.15) is 19.3 Å². The first kappa shape index (κ1) is 70.5. The molecule has 10 heteroatoms. The number of amides is 1. The maximum Gasteiger partial charge on any atom is 0.306 e. The van der Waals surface area contributed by atoms with E-state index in [2.05, 4.69) is 86.8 Å². The SMILES string of the molecule is CCCCC/C=C\C/C=C\C/C=C\CCCCCCCCC(=O)OC(/C=C/CCCCCCCCCCCCC)C(COP(=O)([O-])OCC[N+](C)(C)C)NC(=O)CCCCCCCC/C=C/C=C/CCCCC. The van der Waals surface area contributed by atoms with Gasteiger partial charge in [-0.1, -0.05) is 229 Å². The number of unbranched alkanes of at least 4 members (excludes halogenated alkanes) is 29. The van der Waals surface area contributed by atoms with Crippen molar-refractivity contribution in [3.05, 3.63) is 72.9 Å². The third-order valence-electron chi connectivity index (χ3n) is 13.1. The van der Waals surface area contributed by atoms with Crippen LogP contribution in [0.5, 0.6) is 0 Å². The Labute approximate surface area is 451 Å². The van der Waals surface area contributed by atoms with Gasteiger partial charge in [0.05, 0.1) is 33.8 Å². The van der Waals surface area contributed by atoms with Crippen LogP contribution in [0.3, 0.4) is 0 Å². The largest absolute Gasteiger partial charge is 0.756 e. The first-order valence-electron chi connectivity index (χ1n) is 30.3. The average Bonchev–Trinajstić information content (AvgIpc) is 3.35. The average molecular weight is 1040 g/mol. The van der Waals surface area contributed by atoms with E-state index in [1.807, 2.05) is 33.3 Å². The van der Waals surface area contributed by atoms with E-state index in [0.29, 0.717) is 23.9 Å². The van der Waals surface area contributed by atoms with E-state index >= 15 is 0 Å². The van der Waals surface area contributed by atoms with Gasteiger partial charge >= 0.3 is 5.97 Å². The molecule has 1 amide bonds. The lowest BCUT2D eigenvalue weighted by molar-refractivity contribution is -0.870. The zero-order valence-corrected chi connectivity index (χ0v) is 49.2. The van der Waals surface area contributed by atoms with Crippen LogP contribution in [0.2, 0.25) is 0 Å². The molecular weight excluding hydrogens is 928 g/mol. The van der Waals surface area contributed by atoms with Crippen LogP contribution in [0.1, 0.15) is 265 Å². The summed E-state index contributed by atoms with van der Waals surface area (Å²) in [6.07, 6.45) is 67.1. The highest BCUT2D eigenvalue weighted by Crippen LogP contribution is 2.38. The second-order valence-electron chi connectivity index (χ2n) is 21.5. The van der Waals surface area contributed by atoms with Crippen molar-refractivity contribution in [3.8, 4) is 0 Å². The smallest absolute Gasteiger partial charge is 0.306 e. The minimum Gasteiger partial charge on any atom is -0.756 e. The Bertz CT molecular complexity index is 1480. The molecule has 0 heterocycles. The van der Waals surface area contributed by atoms with Gasteiger partial charge in [-0.2, -0.15) is 0 Å². The van der Waals surface area contributed by atoms with Crippen molar-refractivity contribution >= 4 is 19.7 Å². The molecular formula is C63H115N2O7P. The standard InChI is InChI=1S/C63H115N2O7P/c1-7-10-13-16-19-22-25-28-30-31-32-33-35-38-41-44-47-50-53-56-63(67)72-61(54-51-48-45-42-39-36-27-24-21-18-15-12-9-3)60(59-71-73(68,69)70-58-57-65(4,5)6)64-62(66)55-52-49-46-43-40-37-34-29-26-23-20-17-14-11-8-2/h19-20,22-23,26,28-30,32-33,51,54,60-61H,7-18,21,24-25,27,31,34-50,52-53,55-59H2,1-6H3,(H-,64,66,68,69)/b22-19-,23-20+,29-26+,30-28-,33-32-,54-51+. The molecule has 3 unspecified atom stereocenters. The molecule has 0 saturated heterocycles. The zero-order valence-electron chi connectivity index (χ0n) is 48.3. The number of allylic oxidation sites excluding steroid dienone is 11. The Morgan fingerprint density at radius 2 is 0.877 bits per heavy atom. The molecule has 1 N–H and O–H groups in total. The summed E-state index contributed by atoms with van der Waals surface area (Å²) in [6.45, 7) is 6.77. The van der Waals surface area contributed by atoms with Gasteiger partial charge in [0.25, 0.3) is 7.82 Å². The number of likely N-dealkylation sites (N-methyl/N-ethyl adjacent to an activating group) is 1. The Morgan fingerprint density at radius 3 is 1.36 bits per heavy atom. The van der Waals surface area contributed by atoms with E-state index in [0.717, 1.165) is 116 Å². The molecule has 0 bridgehead atoms. The van der Waals surface area contributed by atoms with Gasteiger partial charge < -0.3 is 28.5 Å². The summed E-state index contributed by atoms with van der Waals surface area (Å²) < 4.78 is 30.3. The third-order valence-corrected chi connectivity index (χ3v) is 14.1. The first-order valence-corrected chi connectivity index (χ1v) is 31.7. The van der Waals surface area contributed by atoms with Crippen molar-refractivity contribution in [1.29, 1.82) is 0 Å². The third kappa shape index (κ3) is 54.1. The zero-order chi connectivity index (χ0) is 53.6. The summed E-state index contributed by atoms with van der Waals surface area (Å²) in [5, 5.41) is 3.02. The molecule has 9 nitrogen and oxygen atoms in total. The van der Waals surface area contributed by atoms with E-state index in [-0.39, 0.29) is 24.9 Å². The number of hydrogen-bond acceptors (Lipinski definition) is 7. The molecule has 0 rings (SSSR count). The van der Waals surface area contributed by atoms with E-state index < -0.39 is 26.6 Å². The van der Waals surface area contributed by atoms with Crippen molar-refractivity contribution in [3.63, 3.8) is 0 Å². The van der Waals surface area contributed by atoms with E-state index in [1.54, 1.807) is 0 Å². The molecule has 0 spiro atoms. The summed E-state index contributed by atoms with van der Waals surface area (Å²) in [7, 11) is 1.16. The molecule has 0 aromatic rings. The fourth-order valence-corrected chi connectivity index (χ4v) is 9.12. The van der Waals surface area contributed by atoms with Crippen molar-refractivity contribution < 1.29 is 37.3 Å². The molecule has 0 saturated carbocycles. The number of esters is 1. The predicted molar refractivity (Wildman–Crippen MR) is 312 cm³/mol. The number of phosphoric acid groups is 1. The first-order chi connectivity index (χ1) is 35.4. The minimum absolute atomic E-state index is 0.0293. The van der Waals surface area contributed by atoms with E-state index in [1.165, 1.54) is 109 Å². The number of nitrogens with one attached hydrogen (secondary N) is 1. The van der Waals surface area contributed by atoms with Crippen LogP contribution in [0.25, 0.3) is 0 Å². The monoisotopic (exact) mass is 1040 g/mol. The highest BCUT2D eigenvalue weighted by molar-refractivity contribution is 7.45. The number of phosphoric ester groups is 1. The molecule has 3 atom stereocenters. The molecule has 0 fully saturated rings. The molecule has 0 radical (unpaired) electrons. The summed E-state index contributed by atoms with van der Waals surface area (Å²) in [6, 6.07) is -0.902. The Morgan fingerprint density at radius 1 is 0.493 bits per heavy atom. The van der Waals surface area contributed by atoms with Crippen LogP contribution >= 0.6 is 7.82 Å².